The van der Waals surface area contributed by atoms with E-state index in [0.717, 1.165) is 13.8 Å². The van der Waals surface area contributed by atoms with Crippen molar-refractivity contribution < 1.29 is 8.95 Å². The highest BCUT2D eigenvalue weighted by Gasteiger charge is 2.02. The second-order valence-electron chi connectivity index (χ2n) is 2.29. The molecule has 1 rings (SSSR count). The first-order valence-electron chi connectivity index (χ1n) is 3.27. The van der Waals surface area contributed by atoms with Gasteiger partial charge in [0.2, 0.25) is 0 Å². The third-order valence-electron chi connectivity index (χ3n) is 1.19. The summed E-state index contributed by atoms with van der Waals surface area (Å²) in [6.45, 7) is 0. The van der Waals surface area contributed by atoms with Gasteiger partial charge in [-0.3, -0.25) is 4.21 Å². The van der Waals surface area contributed by atoms with Crippen molar-refractivity contribution in [1.82, 2.24) is 0 Å². The zero-order valence-corrected chi connectivity index (χ0v) is 8.45. The highest BCUT2D eigenvalue weighted by Crippen LogP contribution is 2.17. The van der Waals surface area contributed by atoms with Crippen molar-refractivity contribution in [2.45, 2.75) is 4.21 Å². The standard InChI is InChI=1S/C7H9NO2S2/c1-8(9)5-6-3-4-7(11-6)12(2)10/h3-5H,1-2H3/b8-5-. The Balaban J connectivity index is 2.92. The van der Waals surface area contributed by atoms with E-state index in [1.165, 1.54) is 24.6 Å². The SMILES string of the molecule is C/[N+]([O-])=C/c1ccc(S(C)=O)s1. The monoisotopic (exact) mass is 203 g/mol. The molecule has 1 unspecified atom stereocenters. The fraction of sp³-hybridized carbons (Fsp3) is 0.286. The van der Waals surface area contributed by atoms with Gasteiger partial charge in [0.15, 0.2) is 6.21 Å². The number of rotatable bonds is 2. The lowest BCUT2D eigenvalue weighted by Crippen LogP contribution is -1.94. The summed E-state index contributed by atoms with van der Waals surface area (Å²) in [5.41, 5.74) is 0. The van der Waals surface area contributed by atoms with Gasteiger partial charge in [-0.2, -0.15) is 0 Å². The molecule has 1 atom stereocenters. The first kappa shape index (κ1) is 9.41. The molecule has 0 radical (unpaired) electrons. The van der Waals surface area contributed by atoms with E-state index in [4.69, 9.17) is 0 Å². The van der Waals surface area contributed by atoms with E-state index >= 15 is 0 Å². The molecular formula is C7H9NO2S2. The van der Waals surface area contributed by atoms with E-state index in [-0.39, 0.29) is 0 Å². The van der Waals surface area contributed by atoms with Crippen molar-refractivity contribution >= 4 is 28.4 Å². The summed E-state index contributed by atoms with van der Waals surface area (Å²) in [6, 6.07) is 3.56. The van der Waals surface area contributed by atoms with Crippen LogP contribution >= 0.6 is 11.3 Å². The Kier molecular flexibility index (Phi) is 2.99. The Morgan fingerprint density at radius 3 is 2.75 bits per heavy atom. The molecule has 0 saturated carbocycles. The lowest BCUT2D eigenvalue weighted by molar-refractivity contribution is -0.416. The highest BCUT2D eigenvalue weighted by atomic mass is 32.2. The van der Waals surface area contributed by atoms with E-state index < -0.39 is 10.8 Å². The molecule has 0 N–H and O–H groups in total. The van der Waals surface area contributed by atoms with E-state index in [2.05, 4.69) is 0 Å². The number of thiophene rings is 1. The molecule has 0 aliphatic heterocycles. The Hall–Kier alpha value is -0.680. The van der Waals surface area contributed by atoms with Crippen molar-refractivity contribution in [3.8, 4) is 0 Å². The number of nitrogens with zero attached hydrogens (tertiary/aromatic N) is 1. The molecular weight excluding hydrogens is 194 g/mol. The minimum absolute atomic E-state index is 0.730. The Morgan fingerprint density at radius 2 is 2.33 bits per heavy atom. The molecule has 0 saturated heterocycles. The van der Waals surface area contributed by atoms with E-state index in [1.54, 1.807) is 18.4 Å². The van der Waals surface area contributed by atoms with Crippen LogP contribution in [0.25, 0.3) is 0 Å². The molecule has 0 aliphatic rings. The van der Waals surface area contributed by atoms with Gasteiger partial charge >= 0.3 is 0 Å². The van der Waals surface area contributed by atoms with Crippen LogP contribution in [0.1, 0.15) is 4.88 Å². The predicted molar refractivity (Wildman–Crippen MR) is 51.4 cm³/mol. The first-order valence-corrected chi connectivity index (χ1v) is 5.65. The molecule has 0 spiro atoms. The highest BCUT2D eigenvalue weighted by molar-refractivity contribution is 7.86. The van der Waals surface area contributed by atoms with Crippen LogP contribution in [0.15, 0.2) is 16.3 Å². The first-order chi connectivity index (χ1) is 5.59. The summed E-state index contributed by atoms with van der Waals surface area (Å²) in [6.07, 6.45) is 3.08. The van der Waals surface area contributed by atoms with Crippen LogP contribution < -0.4 is 0 Å². The van der Waals surface area contributed by atoms with Crippen LogP contribution in [0.5, 0.6) is 0 Å². The molecule has 0 aliphatic carbocycles. The van der Waals surface area contributed by atoms with Crippen LogP contribution in [0.2, 0.25) is 0 Å². The lowest BCUT2D eigenvalue weighted by atomic mass is 10.5. The van der Waals surface area contributed by atoms with Gasteiger partial charge in [0, 0.05) is 6.26 Å². The van der Waals surface area contributed by atoms with Crippen molar-refractivity contribution in [3.63, 3.8) is 0 Å². The summed E-state index contributed by atoms with van der Waals surface area (Å²) in [7, 11) is 0.474. The lowest BCUT2D eigenvalue weighted by Gasteiger charge is -1.91. The molecule has 0 bridgehead atoms. The largest absolute Gasteiger partial charge is 0.624 e. The van der Waals surface area contributed by atoms with Crippen molar-refractivity contribution in [1.29, 1.82) is 0 Å². The van der Waals surface area contributed by atoms with Crippen molar-refractivity contribution in [3.05, 3.63) is 22.2 Å². The second-order valence-corrected chi connectivity index (χ2v) is 5.01. The van der Waals surface area contributed by atoms with Gasteiger partial charge in [-0.05, 0) is 12.1 Å². The fourth-order valence-electron chi connectivity index (χ4n) is 0.737. The van der Waals surface area contributed by atoms with Crippen LogP contribution in [0.3, 0.4) is 0 Å². The Morgan fingerprint density at radius 1 is 1.67 bits per heavy atom. The average molecular weight is 203 g/mol. The van der Waals surface area contributed by atoms with Gasteiger partial charge in [-0.1, -0.05) is 0 Å². The maximum absolute atomic E-state index is 11.0. The zero-order valence-electron chi connectivity index (χ0n) is 6.81. The Labute approximate surface area is 77.4 Å². The summed E-state index contributed by atoms with van der Waals surface area (Å²) >= 11 is 1.37. The van der Waals surface area contributed by atoms with Crippen LogP contribution in [0.4, 0.5) is 0 Å². The molecule has 3 nitrogen and oxygen atoms in total. The molecule has 1 aromatic heterocycles. The smallest absolute Gasteiger partial charge is 0.191 e. The maximum Gasteiger partial charge on any atom is 0.191 e. The third-order valence-corrected chi connectivity index (χ3v) is 3.67. The molecule has 12 heavy (non-hydrogen) atoms. The van der Waals surface area contributed by atoms with Crippen LogP contribution in [0, 0.1) is 5.21 Å². The molecule has 66 valence electrons. The van der Waals surface area contributed by atoms with Crippen molar-refractivity contribution in [2.24, 2.45) is 0 Å². The summed E-state index contributed by atoms with van der Waals surface area (Å²) in [5, 5.41) is 10.6. The minimum Gasteiger partial charge on any atom is -0.624 e. The van der Waals surface area contributed by atoms with Gasteiger partial charge < -0.3 is 5.21 Å². The average Bonchev–Trinajstić information content (AvgIpc) is 2.34. The van der Waals surface area contributed by atoms with E-state index in [9.17, 15) is 9.42 Å². The van der Waals surface area contributed by atoms with Gasteiger partial charge in [0.25, 0.3) is 0 Å². The number of hydrogen-bond acceptors (Lipinski definition) is 3. The minimum atomic E-state index is -0.945. The van der Waals surface area contributed by atoms with E-state index in [1.807, 2.05) is 0 Å². The summed E-state index contributed by atoms with van der Waals surface area (Å²) in [5.74, 6) is 0. The normalized spacial score (nSPS) is 14.7. The second kappa shape index (κ2) is 3.82. The molecule has 0 amide bonds. The fourth-order valence-corrected chi connectivity index (χ4v) is 2.46. The predicted octanol–water partition coefficient (Wildman–Crippen LogP) is 1.04. The maximum atomic E-state index is 11.0. The van der Waals surface area contributed by atoms with Gasteiger partial charge in [0.05, 0.1) is 19.9 Å². The molecule has 0 fully saturated rings. The van der Waals surface area contributed by atoms with Crippen molar-refractivity contribution in [2.75, 3.05) is 13.3 Å². The van der Waals surface area contributed by atoms with Crippen LogP contribution in [-0.2, 0) is 10.8 Å². The van der Waals surface area contributed by atoms with Gasteiger partial charge in [-0.15, -0.1) is 11.3 Å². The number of hydroxylamine groups is 1. The van der Waals surface area contributed by atoms with Gasteiger partial charge in [-0.25, -0.2) is 4.74 Å². The van der Waals surface area contributed by atoms with Crippen LogP contribution in [-0.4, -0.2) is 28.5 Å². The molecule has 0 aromatic carbocycles. The van der Waals surface area contributed by atoms with Gasteiger partial charge in [0.1, 0.15) is 7.05 Å². The summed E-state index contributed by atoms with van der Waals surface area (Å²) < 4.78 is 12.5. The third kappa shape index (κ3) is 2.42. The number of hydrogen-bond donors (Lipinski definition) is 0. The molecule has 1 heterocycles. The summed E-state index contributed by atoms with van der Waals surface area (Å²) in [4.78, 5) is 0.831. The molecule has 5 heteroatoms. The zero-order chi connectivity index (χ0) is 9.14. The topological polar surface area (TPSA) is 43.1 Å². The Bertz CT molecular complexity index is 326. The van der Waals surface area contributed by atoms with E-state index in [0.29, 0.717) is 0 Å². The quantitative estimate of drug-likeness (QED) is 0.312. The molecule has 1 aromatic rings.